The molecule has 2 aliphatic rings. The molecule has 2 saturated carbocycles. The monoisotopic (exact) mass is 224 g/mol. The third-order valence-electron chi connectivity index (χ3n) is 4.11. The summed E-state index contributed by atoms with van der Waals surface area (Å²) in [6, 6.07) is 0.595. The van der Waals surface area contributed by atoms with Crippen LogP contribution >= 0.6 is 0 Å². The number of amides is 1. The van der Waals surface area contributed by atoms with Crippen molar-refractivity contribution in [1.29, 1.82) is 0 Å². The van der Waals surface area contributed by atoms with Crippen molar-refractivity contribution in [3.8, 4) is 0 Å². The van der Waals surface area contributed by atoms with Crippen molar-refractivity contribution in [2.45, 2.75) is 45.1 Å². The molecule has 0 saturated heterocycles. The number of likely N-dealkylation sites (N-methyl/N-ethyl adjacent to an activating group) is 1. The molecule has 0 aliphatic heterocycles. The van der Waals surface area contributed by atoms with Crippen molar-refractivity contribution in [2.24, 2.45) is 11.8 Å². The smallest absolute Gasteiger partial charge is 0.236 e. The van der Waals surface area contributed by atoms with Crippen molar-refractivity contribution in [2.75, 3.05) is 20.1 Å². The van der Waals surface area contributed by atoms with Crippen LogP contribution in [0.4, 0.5) is 0 Å². The van der Waals surface area contributed by atoms with Crippen LogP contribution < -0.4 is 5.32 Å². The zero-order valence-electron chi connectivity index (χ0n) is 10.5. The zero-order chi connectivity index (χ0) is 11.5. The van der Waals surface area contributed by atoms with Crippen molar-refractivity contribution < 1.29 is 4.79 Å². The highest BCUT2D eigenvalue weighted by Gasteiger charge is 2.34. The first-order valence-corrected chi connectivity index (χ1v) is 6.64. The molecule has 2 aliphatic carbocycles. The van der Waals surface area contributed by atoms with E-state index in [9.17, 15) is 4.79 Å². The van der Waals surface area contributed by atoms with E-state index < -0.39 is 0 Å². The Morgan fingerprint density at radius 2 is 2.00 bits per heavy atom. The second kappa shape index (κ2) is 5.17. The Kier molecular flexibility index (Phi) is 3.85. The van der Waals surface area contributed by atoms with E-state index in [-0.39, 0.29) is 5.91 Å². The molecule has 3 heteroatoms. The average Bonchev–Trinajstić information content (AvgIpc) is 2.78. The molecule has 2 rings (SSSR count). The van der Waals surface area contributed by atoms with Gasteiger partial charge in [0.05, 0.1) is 6.54 Å². The van der Waals surface area contributed by atoms with Gasteiger partial charge in [-0.05, 0) is 31.1 Å². The molecule has 0 heterocycles. The molecular formula is C13H24N2O. The van der Waals surface area contributed by atoms with E-state index in [1.807, 2.05) is 11.9 Å². The van der Waals surface area contributed by atoms with Crippen LogP contribution in [0.3, 0.4) is 0 Å². The van der Waals surface area contributed by atoms with Crippen LogP contribution in [0, 0.1) is 11.8 Å². The van der Waals surface area contributed by atoms with Gasteiger partial charge < -0.3 is 10.2 Å². The normalized spacial score (nSPS) is 29.4. The number of nitrogens with one attached hydrogen (secondary N) is 1. The van der Waals surface area contributed by atoms with Crippen LogP contribution in [0.25, 0.3) is 0 Å². The summed E-state index contributed by atoms with van der Waals surface area (Å²) in [4.78, 5) is 13.7. The number of carbonyl (C=O) groups excluding carboxylic acids is 1. The topological polar surface area (TPSA) is 32.3 Å². The van der Waals surface area contributed by atoms with Crippen molar-refractivity contribution in [1.82, 2.24) is 10.2 Å². The first-order valence-electron chi connectivity index (χ1n) is 6.64. The highest BCUT2D eigenvalue weighted by atomic mass is 16.2. The molecule has 0 bridgehead atoms. The molecule has 0 radical (unpaired) electrons. The van der Waals surface area contributed by atoms with Crippen molar-refractivity contribution >= 4 is 5.91 Å². The summed E-state index contributed by atoms with van der Waals surface area (Å²) < 4.78 is 0. The van der Waals surface area contributed by atoms with E-state index in [0.29, 0.717) is 12.6 Å². The molecule has 16 heavy (non-hydrogen) atoms. The number of nitrogens with zero attached hydrogens (tertiary/aromatic N) is 1. The van der Waals surface area contributed by atoms with Gasteiger partial charge in [0.25, 0.3) is 0 Å². The standard InChI is InChI=1S/C13H24N2O/c1-10-7-11(10)9-15(2)13(16)8-14-12-5-3-4-6-12/h10-12,14H,3-9H2,1-2H3. The molecule has 2 unspecified atom stereocenters. The molecule has 1 amide bonds. The molecule has 0 spiro atoms. The summed E-state index contributed by atoms with van der Waals surface area (Å²) in [6.45, 7) is 3.74. The average molecular weight is 224 g/mol. The first-order chi connectivity index (χ1) is 7.66. The van der Waals surface area contributed by atoms with Crippen molar-refractivity contribution in [3.05, 3.63) is 0 Å². The van der Waals surface area contributed by atoms with Crippen LogP contribution in [-0.2, 0) is 4.79 Å². The highest BCUT2D eigenvalue weighted by molar-refractivity contribution is 5.78. The molecule has 2 atom stereocenters. The van der Waals surface area contributed by atoms with Gasteiger partial charge in [0.2, 0.25) is 5.91 Å². The molecule has 1 N–H and O–H groups in total. The van der Waals surface area contributed by atoms with Gasteiger partial charge in [-0.1, -0.05) is 19.8 Å². The first kappa shape index (κ1) is 11.9. The van der Waals surface area contributed by atoms with E-state index >= 15 is 0 Å². The minimum atomic E-state index is 0.256. The van der Waals surface area contributed by atoms with Crippen LogP contribution in [0.2, 0.25) is 0 Å². The Bertz CT molecular complexity index is 248. The van der Waals surface area contributed by atoms with Crippen LogP contribution in [0.1, 0.15) is 39.0 Å². The highest BCUT2D eigenvalue weighted by Crippen LogP contribution is 2.37. The lowest BCUT2D eigenvalue weighted by Gasteiger charge is -2.19. The Morgan fingerprint density at radius 3 is 2.56 bits per heavy atom. The van der Waals surface area contributed by atoms with E-state index in [1.165, 1.54) is 32.1 Å². The number of rotatable bonds is 5. The minimum Gasteiger partial charge on any atom is -0.344 e. The summed E-state index contributed by atoms with van der Waals surface area (Å²) in [5, 5.41) is 3.38. The predicted molar refractivity (Wildman–Crippen MR) is 65.2 cm³/mol. The van der Waals surface area contributed by atoms with Gasteiger partial charge in [0.15, 0.2) is 0 Å². The van der Waals surface area contributed by atoms with Gasteiger partial charge >= 0.3 is 0 Å². The Hall–Kier alpha value is -0.570. The number of carbonyl (C=O) groups is 1. The maximum Gasteiger partial charge on any atom is 0.236 e. The van der Waals surface area contributed by atoms with E-state index in [1.54, 1.807) is 0 Å². The number of hydrogen-bond donors (Lipinski definition) is 1. The molecule has 0 aromatic heterocycles. The SMILES string of the molecule is CC1CC1CN(C)C(=O)CNC1CCCC1. The maximum absolute atomic E-state index is 11.8. The lowest BCUT2D eigenvalue weighted by molar-refractivity contribution is -0.129. The van der Waals surface area contributed by atoms with Crippen LogP contribution in [0.15, 0.2) is 0 Å². The fraction of sp³-hybridized carbons (Fsp3) is 0.923. The van der Waals surface area contributed by atoms with E-state index in [2.05, 4.69) is 12.2 Å². The van der Waals surface area contributed by atoms with E-state index in [4.69, 9.17) is 0 Å². The predicted octanol–water partition coefficient (Wildman–Crippen LogP) is 1.63. The molecule has 2 fully saturated rings. The third-order valence-corrected chi connectivity index (χ3v) is 4.11. The molecule has 0 aromatic rings. The van der Waals surface area contributed by atoms with Gasteiger partial charge in [-0.15, -0.1) is 0 Å². The summed E-state index contributed by atoms with van der Waals surface area (Å²) in [7, 11) is 1.93. The van der Waals surface area contributed by atoms with Crippen LogP contribution in [0.5, 0.6) is 0 Å². The van der Waals surface area contributed by atoms with Crippen LogP contribution in [-0.4, -0.2) is 37.0 Å². The van der Waals surface area contributed by atoms with E-state index in [0.717, 1.165) is 18.4 Å². The minimum absolute atomic E-state index is 0.256. The number of hydrogen-bond acceptors (Lipinski definition) is 2. The Balaban J connectivity index is 1.62. The zero-order valence-corrected chi connectivity index (χ0v) is 10.5. The maximum atomic E-state index is 11.8. The fourth-order valence-electron chi connectivity index (χ4n) is 2.60. The van der Waals surface area contributed by atoms with Crippen molar-refractivity contribution in [3.63, 3.8) is 0 Å². The molecule has 0 aromatic carbocycles. The molecule has 3 nitrogen and oxygen atoms in total. The molecule has 92 valence electrons. The van der Waals surface area contributed by atoms with Gasteiger partial charge in [0.1, 0.15) is 0 Å². The second-order valence-corrected chi connectivity index (χ2v) is 5.61. The lowest BCUT2D eigenvalue weighted by Crippen LogP contribution is -2.40. The largest absolute Gasteiger partial charge is 0.344 e. The fourth-order valence-corrected chi connectivity index (χ4v) is 2.60. The molecular weight excluding hydrogens is 200 g/mol. The Labute approximate surface area is 98.6 Å². The summed E-state index contributed by atoms with van der Waals surface area (Å²) in [6.07, 6.45) is 6.43. The Morgan fingerprint density at radius 1 is 1.38 bits per heavy atom. The van der Waals surface area contributed by atoms with Gasteiger partial charge in [-0.25, -0.2) is 0 Å². The van der Waals surface area contributed by atoms with Gasteiger partial charge in [0, 0.05) is 19.6 Å². The van der Waals surface area contributed by atoms with Gasteiger partial charge in [-0.3, -0.25) is 4.79 Å². The summed E-state index contributed by atoms with van der Waals surface area (Å²) in [5.74, 6) is 1.85. The summed E-state index contributed by atoms with van der Waals surface area (Å²) >= 11 is 0. The second-order valence-electron chi connectivity index (χ2n) is 5.61. The summed E-state index contributed by atoms with van der Waals surface area (Å²) in [5.41, 5.74) is 0. The lowest BCUT2D eigenvalue weighted by atomic mass is 10.2. The van der Waals surface area contributed by atoms with Gasteiger partial charge in [-0.2, -0.15) is 0 Å². The third kappa shape index (κ3) is 3.21. The quantitative estimate of drug-likeness (QED) is 0.770.